The molecule has 17 heavy (non-hydrogen) atoms. The first-order valence-electron chi connectivity index (χ1n) is 6.23. The number of imidazole rings is 1. The van der Waals surface area contributed by atoms with Crippen LogP contribution in [0.5, 0.6) is 0 Å². The highest BCUT2D eigenvalue weighted by Gasteiger charge is 1.98. The molecule has 0 amide bonds. The smallest absolute Gasteiger partial charge is 0.305 e. The van der Waals surface area contributed by atoms with Gasteiger partial charge in [0, 0.05) is 6.42 Å². The van der Waals surface area contributed by atoms with Crippen LogP contribution in [0.25, 0.3) is 0 Å². The van der Waals surface area contributed by atoms with Gasteiger partial charge in [-0.05, 0) is 13.3 Å². The third kappa shape index (κ3) is 9.60. The van der Waals surface area contributed by atoms with Crippen molar-refractivity contribution in [2.75, 3.05) is 6.61 Å². The second kappa shape index (κ2) is 9.87. The predicted octanol–water partition coefficient (Wildman–Crippen LogP) is 1.98. The van der Waals surface area contributed by atoms with Crippen LogP contribution in [0.15, 0.2) is 18.7 Å². The number of aromatic nitrogens is 2. The van der Waals surface area contributed by atoms with Crippen molar-refractivity contribution in [1.29, 1.82) is 0 Å². The zero-order chi connectivity index (χ0) is 13.1. The molecule has 0 atom stereocenters. The standard InChI is InChI=1S/C8H16O2.C5H9N2/c1-3-5-6-7-8(9)10-4-2;1-6-3-4-7(2)5-6/h3-7H2,1-2H3;3-5H,1-2H3/q;+1. The van der Waals surface area contributed by atoms with Crippen molar-refractivity contribution >= 4 is 5.97 Å². The van der Waals surface area contributed by atoms with Crippen molar-refractivity contribution in [2.45, 2.75) is 39.5 Å². The summed E-state index contributed by atoms with van der Waals surface area (Å²) in [6.07, 6.45) is 9.83. The van der Waals surface area contributed by atoms with E-state index in [1.165, 1.54) is 0 Å². The molecule has 0 saturated carbocycles. The summed E-state index contributed by atoms with van der Waals surface area (Å²) in [5.41, 5.74) is 0. The minimum atomic E-state index is -0.0593. The normalized spacial score (nSPS) is 9.41. The lowest BCUT2D eigenvalue weighted by Crippen LogP contribution is -2.23. The minimum Gasteiger partial charge on any atom is -0.466 e. The summed E-state index contributed by atoms with van der Waals surface area (Å²) in [6, 6.07) is 0. The van der Waals surface area contributed by atoms with Crippen LogP contribution in [0, 0.1) is 0 Å². The topological polar surface area (TPSA) is 35.1 Å². The highest BCUT2D eigenvalue weighted by Crippen LogP contribution is 1.99. The van der Waals surface area contributed by atoms with Crippen LogP contribution in [0.1, 0.15) is 39.5 Å². The molecular weight excluding hydrogens is 216 g/mol. The van der Waals surface area contributed by atoms with Gasteiger partial charge in [-0.25, -0.2) is 9.13 Å². The van der Waals surface area contributed by atoms with E-state index in [-0.39, 0.29) is 5.97 Å². The average Bonchev–Trinajstić information content (AvgIpc) is 2.64. The molecule has 0 bridgehead atoms. The lowest BCUT2D eigenvalue weighted by atomic mass is 10.2. The van der Waals surface area contributed by atoms with Crippen LogP contribution >= 0.6 is 0 Å². The second-order valence-corrected chi connectivity index (χ2v) is 4.01. The third-order valence-corrected chi connectivity index (χ3v) is 2.19. The average molecular weight is 241 g/mol. The molecule has 0 N–H and O–H groups in total. The van der Waals surface area contributed by atoms with Gasteiger partial charge in [0.2, 0.25) is 6.33 Å². The monoisotopic (exact) mass is 241 g/mol. The van der Waals surface area contributed by atoms with E-state index in [0.29, 0.717) is 13.0 Å². The molecule has 0 aliphatic heterocycles. The Kier molecular flexibility index (Phi) is 9.11. The van der Waals surface area contributed by atoms with Crippen molar-refractivity contribution < 1.29 is 14.1 Å². The van der Waals surface area contributed by atoms with Gasteiger partial charge < -0.3 is 4.74 Å². The van der Waals surface area contributed by atoms with Crippen molar-refractivity contribution in [2.24, 2.45) is 14.1 Å². The van der Waals surface area contributed by atoms with Gasteiger partial charge in [0.15, 0.2) is 0 Å². The Labute approximate surface area is 104 Å². The number of carbonyl (C=O) groups excluding carboxylic acids is 1. The number of nitrogens with zero attached hydrogens (tertiary/aromatic N) is 2. The molecule has 1 rings (SSSR count). The van der Waals surface area contributed by atoms with Crippen molar-refractivity contribution in [3.63, 3.8) is 0 Å². The molecule has 1 aromatic rings. The Hall–Kier alpha value is -1.32. The van der Waals surface area contributed by atoms with E-state index in [4.69, 9.17) is 4.74 Å². The van der Waals surface area contributed by atoms with Crippen molar-refractivity contribution in [3.05, 3.63) is 18.7 Å². The number of unbranched alkanes of at least 4 members (excludes halogenated alkanes) is 2. The number of carbonyl (C=O) groups is 1. The molecule has 0 fully saturated rings. The number of esters is 1. The first-order valence-corrected chi connectivity index (χ1v) is 6.23. The van der Waals surface area contributed by atoms with Crippen LogP contribution in [0.3, 0.4) is 0 Å². The minimum absolute atomic E-state index is 0.0593. The summed E-state index contributed by atoms with van der Waals surface area (Å²) in [5.74, 6) is -0.0593. The fraction of sp³-hybridized carbons (Fsp3) is 0.692. The molecular formula is C13H25N2O2+. The van der Waals surface area contributed by atoms with Crippen LogP contribution < -0.4 is 4.57 Å². The molecule has 4 heteroatoms. The zero-order valence-corrected chi connectivity index (χ0v) is 11.5. The molecule has 1 aromatic heterocycles. The van der Waals surface area contributed by atoms with Crippen molar-refractivity contribution in [3.8, 4) is 0 Å². The molecule has 0 saturated heterocycles. The Bertz CT molecular complexity index is 292. The van der Waals surface area contributed by atoms with Crippen molar-refractivity contribution in [1.82, 2.24) is 4.57 Å². The number of hydrogen-bond donors (Lipinski definition) is 0. The summed E-state index contributed by atoms with van der Waals surface area (Å²) in [5, 5.41) is 0. The number of ether oxygens (including phenoxy) is 1. The summed E-state index contributed by atoms with van der Waals surface area (Å²) < 4.78 is 8.75. The molecule has 98 valence electrons. The highest BCUT2D eigenvalue weighted by atomic mass is 16.5. The maximum absolute atomic E-state index is 10.7. The third-order valence-electron chi connectivity index (χ3n) is 2.19. The van der Waals surface area contributed by atoms with E-state index in [9.17, 15) is 4.79 Å². The predicted molar refractivity (Wildman–Crippen MR) is 67.4 cm³/mol. The van der Waals surface area contributed by atoms with Crippen LogP contribution in [-0.2, 0) is 23.6 Å². The number of hydrogen-bond acceptors (Lipinski definition) is 2. The molecule has 4 nitrogen and oxygen atoms in total. The first kappa shape index (κ1) is 15.7. The van der Waals surface area contributed by atoms with E-state index in [1.807, 2.05) is 48.9 Å². The van der Waals surface area contributed by atoms with Gasteiger partial charge in [-0.3, -0.25) is 4.79 Å². The quantitative estimate of drug-likeness (QED) is 0.449. The molecule has 0 spiro atoms. The molecule has 0 aromatic carbocycles. The molecule has 0 unspecified atom stereocenters. The lowest BCUT2D eigenvalue weighted by molar-refractivity contribution is -0.670. The van der Waals surface area contributed by atoms with Gasteiger partial charge >= 0.3 is 5.97 Å². The molecule has 0 aliphatic rings. The van der Waals surface area contributed by atoms with E-state index in [2.05, 4.69) is 6.92 Å². The first-order chi connectivity index (χ1) is 8.10. The molecule has 0 aliphatic carbocycles. The second-order valence-electron chi connectivity index (χ2n) is 4.01. The molecule has 0 radical (unpaired) electrons. The van der Waals surface area contributed by atoms with Gasteiger partial charge in [-0.2, -0.15) is 0 Å². The van der Waals surface area contributed by atoms with Crippen LogP contribution in [0.4, 0.5) is 0 Å². The Balaban J connectivity index is 0.000000318. The van der Waals surface area contributed by atoms with E-state index < -0.39 is 0 Å². The largest absolute Gasteiger partial charge is 0.466 e. The van der Waals surface area contributed by atoms with Crippen LogP contribution in [-0.4, -0.2) is 17.1 Å². The fourth-order valence-electron chi connectivity index (χ4n) is 1.33. The van der Waals surface area contributed by atoms with Crippen LogP contribution in [0.2, 0.25) is 0 Å². The van der Waals surface area contributed by atoms with Gasteiger partial charge in [0.25, 0.3) is 0 Å². The fourth-order valence-corrected chi connectivity index (χ4v) is 1.33. The number of aryl methyl sites for hydroxylation is 2. The van der Waals surface area contributed by atoms with E-state index >= 15 is 0 Å². The Morgan fingerprint density at radius 2 is 2.06 bits per heavy atom. The van der Waals surface area contributed by atoms with Gasteiger partial charge in [0.05, 0.1) is 20.7 Å². The Morgan fingerprint density at radius 3 is 2.41 bits per heavy atom. The summed E-state index contributed by atoms with van der Waals surface area (Å²) >= 11 is 0. The summed E-state index contributed by atoms with van der Waals surface area (Å²) in [7, 11) is 4.00. The summed E-state index contributed by atoms with van der Waals surface area (Å²) in [4.78, 5) is 10.7. The Morgan fingerprint density at radius 1 is 1.35 bits per heavy atom. The van der Waals surface area contributed by atoms with E-state index in [0.717, 1.165) is 19.3 Å². The number of rotatable bonds is 5. The maximum Gasteiger partial charge on any atom is 0.305 e. The molecule has 1 heterocycles. The van der Waals surface area contributed by atoms with Gasteiger partial charge in [0.1, 0.15) is 12.4 Å². The lowest BCUT2D eigenvalue weighted by Gasteiger charge is -1.99. The zero-order valence-electron chi connectivity index (χ0n) is 11.5. The maximum atomic E-state index is 10.7. The van der Waals surface area contributed by atoms with Gasteiger partial charge in [-0.15, -0.1) is 0 Å². The SMILES string of the molecule is CCCCCC(=O)OCC.Cn1cc[n+](C)c1. The summed E-state index contributed by atoms with van der Waals surface area (Å²) in [6.45, 7) is 4.45. The van der Waals surface area contributed by atoms with E-state index in [1.54, 1.807) is 0 Å². The van der Waals surface area contributed by atoms with Gasteiger partial charge in [-0.1, -0.05) is 19.8 Å². The highest BCUT2D eigenvalue weighted by molar-refractivity contribution is 5.69.